The third-order valence-corrected chi connectivity index (χ3v) is 5.35. The van der Waals surface area contributed by atoms with Crippen molar-refractivity contribution in [3.8, 4) is 0 Å². The van der Waals surface area contributed by atoms with Crippen LogP contribution in [0.2, 0.25) is 0 Å². The second-order valence-corrected chi connectivity index (χ2v) is 7.35. The highest BCUT2D eigenvalue weighted by atomic mass is 32.2. The molecule has 0 bridgehead atoms. The summed E-state index contributed by atoms with van der Waals surface area (Å²) in [6.07, 6.45) is 2.02. The van der Waals surface area contributed by atoms with E-state index in [9.17, 15) is 9.18 Å². The number of benzene rings is 1. The van der Waals surface area contributed by atoms with Gasteiger partial charge in [-0.05, 0) is 70.0 Å². The van der Waals surface area contributed by atoms with Crippen LogP contribution in [-0.4, -0.2) is 37.0 Å². The Morgan fingerprint density at radius 3 is 2.62 bits per heavy atom. The van der Waals surface area contributed by atoms with Gasteiger partial charge in [0.05, 0.1) is 4.91 Å². The van der Waals surface area contributed by atoms with Crippen molar-refractivity contribution >= 4 is 17.7 Å². The van der Waals surface area contributed by atoms with Crippen LogP contribution in [0.3, 0.4) is 0 Å². The van der Waals surface area contributed by atoms with E-state index in [-0.39, 0.29) is 11.7 Å². The summed E-state index contributed by atoms with van der Waals surface area (Å²) in [6.45, 7) is 11.0. The first kappa shape index (κ1) is 22.5. The SMILES string of the molecule is CCCNCCCN(CC)C(=O)/C(SCc1ccc(F)cc1C)=C(\C)N. The zero-order chi connectivity index (χ0) is 19.5. The van der Waals surface area contributed by atoms with Crippen LogP contribution in [0.25, 0.3) is 0 Å². The van der Waals surface area contributed by atoms with Crippen LogP contribution in [0.4, 0.5) is 4.39 Å². The number of nitrogens with two attached hydrogens (primary N) is 1. The van der Waals surface area contributed by atoms with Gasteiger partial charge < -0.3 is 16.0 Å². The second-order valence-electron chi connectivity index (χ2n) is 6.36. The van der Waals surface area contributed by atoms with E-state index in [0.717, 1.165) is 37.1 Å². The Hall–Kier alpha value is -1.53. The number of nitrogens with zero attached hydrogens (tertiary/aromatic N) is 1. The molecule has 0 aliphatic carbocycles. The molecule has 0 atom stereocenters. The Balaban J connectivity index is 2.69. The Bertz CT molecular complexity index is 615. The van der Waals surface area contributed by atoms with Gasteiger partial charge in [0.15, 0.2) is 0 Å². The Morgan fingerprint density at radius 2 is 2.04 bits per heavy atom. The number of likely N-dealkylation sites (N-methyl/N-ethyl adjacent to an activating group) is 1. The van der Waals surface area contributed by atoms with Gasteiger partial charge in [0.1, 0.15) is 5.82 Å². The summed E-state index contributed by atoms with van der Waals surface area (Å²) in [7, 11) is 0. The summed E-state index contributed by atoms with van der Waals surface area (Å²) in [5.74, 6) is 0.330. The van der Waals surface area contributed by atoms with Crippen LogP contribution in [-0.2, 0) is 10.5 Å². The molecule has 146 valence electrons. The highest BCUT2D eigenvalue weighted by molar-refractivity contribution is 8.03. The molecule has 0 spiro atoms. The van der Waals surface area contributed by atoms with Crippen molar-refractivity contribution in [2.45, 2.75) is 46.3 Å². The smallest absolute Gasteiger partial charge is 0.262 e. The third-order valence-electron chi connectivity index (χ3n) is 4.11. The van der Waals surface area contributed by atoms with Crippen LogP contribution in [0.5, 0.6) is 0 Å². The number of hydrogen-bond donors (Lipinski definition) is 2. The van der Waals surface area contributed by atoms with Crippen molar-refractivity contribution in [1.82, 2.24) is 10.2 Å². The number of aryl methyl sites for hydroxylation is 1. The van der Waals surface area contributed by atoms with Crippen LogP contribution >= 0.6 is 11.8 Å². The average molecular weight is 382 g/mol. The lowest BCUT2D eigenvalue weighted by molar-refractivity contribution is -0.126. The number of allylic oxidation sites excluding steroid dienone is 1. The minimum absolute atomic E-state index is 0.0206. The molecule has 3 N–H and O–H groups in total. The van der Waals surface area contributed by atoms with Crippen LogP contribution in [0, 0.1) is 12.7 Å². The molecule has 1 rings (SSSR count). The van der Waals surface area contributed by atoms with Crippen molar-refractivity contribution < 1.29 is 9.18 Å². The summed E-state index contributed by atoms with van der Waals surface area (Å²) < 4.78 is 13.2. The number of carbonyl (C=O) groups excluding carboxylic acids is 1. The zero-order valence-corrected chi connectivity index (χ0v) is 17.2. The van der Waals surface area contributed by atoms with Gasteiger partial charge in [-0.15, -0.1) is 11.8 Å². The van der Waals surface area contributed by atoms with Crippen molar-refractivity contribution in [3.05, 3.63) is 45.7 Å². The summed E-state index contributed by atoms with van der Waals surface area (Å²) in [6, 6.07) is 4.73. The highest BCUT2D eigenvalue weighted by Gasteiger charge is 2.19. The molecule has 0 saturated heterocycles. The van der Waals surface area contributed by atoms with E-state index in [1.165, 1.54) is 23.9 Å². The maximum absolute atomic E-state index is 13.2. The molecule has 0 radical (unpaired) electrons. The van der Waals surface area contributed by atoms with Gasteiger partial charge in [0, 0.05) is 24.5 Å². The number of halogens is 1. The lowest BCUT2D eigenvalue weighted by Crippen LogP contribution is -2.34. The molecule has 6 heteroatoms. The van der Waals surface area contributed by atoms with Gasteiger partial charge in [-0.25, -0.2) is 4.39 Å². The quantitative estimate of drug-likeness (QED) is 0.452. The van der Waals surface area contributed by atoms with Crippen LogP contribution in [0.15, 0.2) is 28.8 Å². The molecule has 4 nitrogen and oxygen atoms in total. The van der Waals surface area contributed by atoms with E-state index in [1.807, 2.05) is 18.7 Å². The van der Waals surface area contributed by atoms with Crippen molar-refractivity contribution in [1.29, 1.82) is 0 Å². The van der Waals surface area contributed by atoms with Crippen LogP contribution < -0.4 is 11.1 Å². The monoisotopic (exact) mass is 381 g/mol. The normalized spacial score (nSPS) is 12.0. The van der Waals surface area contributed by atoms with E-state index in [2.05, 4.69) is 12.2 Å². The topological polar surface area (TPSA) is 58.4 Å². The lowest BCUT2D eigenvalue weighted by Gasteiger charge is -2.23. The largest absolute Gasteiger partial charge is 0.401 e. The van der Waals surface area contributed by atoms with Gasteiger partial charge in [0.2, 0.25) is 0 Å². The molecule has 0 aliphatic rings. The Morgan fingerprint density at radius 1 is 1.31 bits per heavy atom. The molecular formula is C20H32FN3OS. The minimum atomic E-state index is -0.244. The highest BCUT2D eigenvalue weighted by Crippen LogP contribution is 2.26. The molecule has 0 aliphatic heterocycles. The molecule has 1 amide bonds. The fraction of sp³-hybridized carbons (Fsp3) is 0.550. The predicted octanol–water partition coefficient (Wildman–Crippen LogP) is 3.80. The maximum Gasteiger partial charge on any atom is 0.262 e. The maximum atomic E-state index is 13.2. The summed E-state index contributed by atoms with van der Waals surface area (Å²) in [4.78, 5) is 15.3. The standard InChI is InChI=1S/C20H32FN3OS/c1-5-10-23-11-7-12-24(6-2)20(25)19(16(4)22)26-14-17-8-9-18(21)13-15(17)3/h8-9,13,23H,5-7,10-12,14,22H2,1-4H3/b19-16-. The number of rotatable bonds is 11. The number of hydrogen-bond acceptors (Lipinski definition) is 4. The van der Waals surface area contributed by atoms with E-state index < -0.39 is 0 Å². The molecule has 1 aromatic carbocycles. The molecule has 26 heavy (non-hydrogen) atoms. The molecule has 1 aromatic rings. The minimum Gasteiger partial charge on any atom is -0.401 e. The van der Waals surface area contributed by atoms with Gasteiger partial charge in [-0.1, -0.05) is 13.0 Å². The average Bonchev–Trinajstić information content (AvgIpc) is 2.59. The van der Waals surface area contributed by atoms with Crippen molar-refractivity contribution in [2.75, 3.05) is 26.2 Å². The fourth-order valence-electron chi connectivity index (χ4n) is 2.56. The Kier molecular flexibility index (Phi) is 10.4. The number of nitrogens with one attached hydrogen (secondary N) is 1. The first-order chi connectivity index (χ1) is 12.4. The molecule has 0 heterocycles. The van der Waals surface area contributed by atoms with E-state index in [4.69, 9.17) is 5.73 Å². The van der Waals surface area contributed by atoms with Crippen LogP contribution in [0.1, 0.15) is 44.7 Å². The summed E-state index contributed by atoms with van der Waals surface area (Å²) in [5, 5.41) is 3.35. The predicted molar refractivity (Wildman–Crippen MR) is 109 cm³/mol. The van der Waals surface area contributed by atoms with Gasteiger partial charge >= 0.3 is 0 Å². The number of carbonyl (C=O) groups is 1. The molecular weight excluding hydrogens is 349 g/mol. The van der Waals surface area contributed by atoms with E-state index >= 15 is 0 Å². The van der Waals surface area contributed by atoms with Gasteiger partial charge in [-0.2, -0.15) is 0 Å². The third kappa shape index (κ3) is 7.38. The zero-order valence-electron chi connectivity index (χ0n) is 16.4. The lowest BCUT2D eigenvalue weighted by atomic mass is 10.1. The first-order valence-corrected chi connectivity index (χ1v) is 10.2. The van der Waals surface area contributed by atoms with Gasteiger partial charge in [0.25, 0.3) is 5.91 Å². The summed E-state index contributed by atoms with van der Waals surface area (Å²) in [5.41, 5.74) is 8.41. The molecule has 0 unspecified atom stereocenters. The first-order valence-electron chi connectivity index (χ1n) is 9.24. The van der Waals surface area contributed by atoms with Crippen molar-refractivity contribution in [3.63, 3.8) is 0 Å². The number of thioether (sulfide) groups is 1. The molecule has 0 fully saturated rings. The van der Waals surface area contributed by atoms with E-state index in [0.29, 0.717) is 29.4 Å². The fourth-order valence-corrected chi connectivity index (χ4v) is 3.66. The second kappa shape index (κ2) is 12.0. The van der Waals surface area contributed by atoms with Gasteiger partial charge in [-0.3, -0.25) is 4.79 Å². The Labute approximate surface area is 161 Å². The summed E-state index contributed by atoms with van der Waals surface area (Å²) >= 11 is 1.43. The van der Waals surface area contributed by atoms with Crippen molar-refractivity contribution in [2.24, 2.45) is 5.73 Å². The molecule has 0 saturated carbocycles. The molecule has 0 aromatic heterocycles. The number of amides is 1. The van der Waals surface area contributed by atoms with E-state index in [1.54, 1.807) is 13.0 Å².